The summed E-state index contributed by atoms with van der Waals surface area (Å²) in [6.07, 6.45) is 0.203. The van der Waals surface area contributed by atoms with Crippen LogP contribution < -0.4 is 44.3 Å². The second-order valence-electron chi connectivity index (χ2n) is 9.64. The van der Waals surface area contributed by atoms with E-state index < -0.39 is 12.9 Å². The van der Waals surface area contributed by atoms with Gasteiger partial charge in [-0.3, -0.25) is 0 Å². The van der Waals surface area contributed by atoms with E-state index in [1.807, 2.05) is 91.9 Å². The highest BCUT2D eigenvalue weighted by atomic mass is 31.2. The van der Waals surface area contributed by atoms with Crippen molar-refractivity contribution in [1.82, 2.24) is 0 Å². The molecule has 4 aromatic carbocycles. The quantitative estimate of drug-likeness (QED) is 0.239. The summed E-state index contributed by atoms with van der Waals surface area (Å²) in [5.74, 6) is 3.51. The van der Waals surface area contributed by atoms with Crippen LogP contribution in [-0.4, -0.2) is 53.9 Å². The maximum Gasteiger partial charge on any atom is 0.188 e. The van der Waals surface area contributed by atoms with Crippen LogP contribution in [0.25, 0.3) is 0 Å². The van der Waals surface area contributed by atoms with Gasteiger partial charge in [0.25, 0.3) is 0 Å². The molecule has 0 aliphatic heterocycles. The zero-order valence-corrected chi connectivity index (χ0v) is 25.5. The first-order chi connectivity index (χ1) is 19.8. The number of methoxy groups -OCH3 is 6. The van der Waals surface area contributed by atoms with Crippen LogP contribution in [0.1, 0.15) is 12.5 Å². The van der Waals surface area contributed by atoms with Gasteiger partial charge in [0, 0.05) is 0 Å². The minimum atomic E-state index is -3.17. The van der Waals surface area contributed by atoms with Crippen LogP contribution in [0.5, 0.6) is 34.5 Å². The first kappa shape index (κ1) is 30.0. The molecule has 0 aliphatic carbocycles. The minimum absolute atomic E-state index is 0.203. The monoisotopic (exact) mass is 577 g/mol. The SMILES string of the molecule is COc1cccc(OC)c1[P+](CC(C)(O)c1ccccc1)(c1c(OC)cccc1OC)c1c(OC)cccc1OC. The Morgan fingerprint density at radius 3 is 1.05 bits per heavy atom. The Labute approximate surface area is 242 Å². The van der Waals surface area contributed by atoms with Crippen molar-refractivity contribution < 1.29 is 33.5 Å². The van der Waals surface area contributed by atoms with Crippen molar-refractivity contribution in [2.24, 2.45) is 0 Å². The van der Waals surface area contributed by atoms with Crippen LogP contribution >= 0.6 is 7.26 Å². The lowest BCUT2D eigenvalue weighted by Crippen LogP contribution is -2.43. The average Bonchev–Trinajstić information content (AvgIpc) is 3.02. The Kier molecular flexibility index (Phi) is 9.31. The molecule has 4 aromatic rings. The fraction of sp³-hybridized carbons (Fsp3) is 0.273. The highest BCUT2D eigenvalue weighted by Gasteiger charge is 2.60. The summed E-state index contributed by atoms with van der Waals surface area (Å²) >= 11 is 0. The lowest BCUT2D eigenvalue weighted by Gasteiger charge is -2.37. The molecule has 1 N–H and O–H groups in total. The van der Waals surface area contributed by atoms with E-state index in [9.17, 15) is 5.11 Å². The molecule has 1 unspecified atom stereocenters. The van der Waals surface area contributed by atoms with Gasteiger partial charge in [-0.2, -0.15) is 0 Å². The third-order valence-corrected chi connectivity index (χ3v) is 12.0. The highest BCUT2D eigenvalue weighted by Crippen LogP contribution is 2.67. The molecule has 1 atom stereocenters. The summed E-state index contributed by atoms with van der Waals surface area (Å²) in [6.45, 7) is 1.82. The smallest absolute Gasteiger partial charge is 0.188 e. The Bertz CT molecular complexity index is 1270. The van der Waals surface area contributed by atoms with E-state index in [1.54, 1.807) is 42.7 Å². The fourth-order valence-electron chi connectivity index (χ4n) is 5.55. The predicted octanol–water partition coefficient (Wildman–Crippen LogP) is 4.94. The second kappa shape index (κ2) is 12.7. The maximum atomic E-state index is 12.5. The lowest BCUT2D eigenvalue weighted by atomic mass is 9.98. The number of aliphatic hydroxyl groups is 1. The minimum Gasteiger partial charge on any atom is -0.492 e. The van der Waals surface area contributed by atoms with Crippen molar-refractivity contribution in [3.05, 3.63) is 90.5 Å². The van der Waals surface area contributed by atoms with Crippen molar-refractivity contribution in [2.75, 3.05) is 48.8 Å². The first-order valence-corrected chi connectivity index (χ1v) is 15.1. The van der Waals surface area contributed by atoms with Gasteiger partial charge >= 0.3 is 0 Å². The van der Waals surface area contributed by atoms with E-state index in [0.717, 1.165) is 21.5 Å². The van der Waals surface area contributed by atoms with Crippen molar-refractivity contribution >= 4 is 23.2 Å². The molecular formula is C33H38O7P+. The molecular weight excluding hydrogens is 539 g/mol. The Morgan fingerprint density at radius 1 is 0.488 bits per heavy atom. The summed E-state index contributed by atoms with van der Waals surface area (Å²) < 4.78 is 36.3. The summed E-state index contributed by atoms with van der Waals surface area (Å²) in [5, 5.41) is 14.7. The van der Waals surface area contributed by atoms with Crippen LogP contribution in [0.4, 0.5) is 0 Å². The molecule has 216 valence electrons. The molecule has 0 amide bonds. The Balaban J connectivity index is 2.35. The van der Waals surface area contributed by atoms with Crippen LogP contribution in [0.3, 0.4) is 0 Å². The largest absolute Gasteiger partial charge is 0.492 e. The van der Waals surface area contributed by atoms with E-state index >= 15 is 0 Å². The summed E-state index contributed by atoms with van der Waals surface area (Å²) in [7, 11) is 6.59. The summed E-state index contributed by atoms with van der Waals surface area (Å²) in [4.78, 5) is 0. The number of rotatable bonds is 12. The van der Waals surface area contributed by atoms with E-state index in [2.05, 4.69) is 0 Å². The Morgan fingerprint density at radius 2 is 0.780 bits per heavy atom. The van der Waals surface area contributed by atoms with Gasteiger partial charge in [0.15, 0.2) is 50.4 Å². The molecule has 7 nitrogen and oxygen atoms in total. The summed E-state index contributed by atoms with van der Waals surface area (Å²) in [5.41, 5.74) is -0.598. The molecule has 0 fully saturated rings. The lowest BCUT2D eigenvalue weighted by molar-refractivity contribution is 0.0827. The van der Waals surface area contributed by atoms with Gasteiger partial charge in [0.05, 0.1) is 42.7 Å². The molecule has 0 aliphatic rings. The molecule has 0 radical (unpaired) electrons. The number of hydrogen-bond acceptors (Lipinski definition) is 7. The van der Waals surface area contributed by atoms with Crippen molar-refractivity contribution in [3.8, 4) is 34.5 Å². The molecule has 0 heterocycles. The molecule has 0 saturated heterocycles. The van der Waals surface area contributed by atoms with Crippen LogP contribution in [0.2, 0.25) is 0 Å². The van der Waals surface area contributed by atoms with Crippen molar-refractivity contribution in [1.29, 1.82) is 0 Å². The van der Waals surface area contributed by atoms with Gasteiger partial charge in [-0.25, -0.2) is 0 Å². The first-order valence-electron chi connectivity index (χ1n) is 13.1. The van der Waals surface area contributed by atoms with Gasteiger partial charge in [0.1, 0.15) is 19.0 Å². The molecule has 0 bridgehead atoms. The van der Waals surface area contributed by atoms with E-state index in [4.69, 9.17) is 28.4 Å². The standard InChI is InChI=1S/C33H38O7P/c1-33(34,23-14-9-8-10-15-23)22-41(30-24(35-2)16-11-17-25(30)36-3,31-26(37-4)18-12-19-27(31)38-5)32-28(39-6)20-13-21-29(32)40-7/h8-21,34H,22H2,1-7H3/q+1. The van der Waals surface area contributed by atoms with Gasteiger partial charge in [0.2, 0.25) is 0 Å². The zero-order chi connectivity index (χ0) is 29.6. The number of ether oxygens (including phenoxy) is 6. The van der Waals surface area contributed by atoms with Crippen molar-refractivity contribution in [2.45, 2.75) is 12.5 Å². The normalized spacial score (nSPS) is 12.7. The molecule has 0 saturated carbocycles. The van der Waals surface area contributed by atoms with Gasteiger partial charge in [-0.15, -0.1) is 0 Å². The number of benzene rings is 4. The van der Waals surface area contributed by atoms with Crippen LogP contribution in [0, 0.1) is 0 Å². The third-order valence-electron chi connectivity index (χ3n) is 7.29. The third kappa shape index (κ3) is 5.40. The van der Waals surface area contributed by atoms with E-state index in [-0.39, 0.29) is 6.16 Å². The van der Waals surface area contributed by atoms with Gasteiger partial charge < -0.3 is 33.5 Å². The fourth-order valence-corrected chi connectivity index (χ4v) is 11.1. The van der Waals surface area contributed by atoms with Crippen molar-refractivity contribution in [3.63, 3.8) is 0 Å². The molecule has 8 heteroatoms. The summed E-state index contributed by atoms with van der Waals surface area (Å²) in [6, 6.07) is 26.6. The van der Waals surface area contributed by atoms with Crippen LogP contribution in [-0.2, 0) is 5.60 Å². The van der Waals surface area contributed by atoms with E-state index in [1.165, 1.54) is 0 Å². The molecule has 0 spiro atoms. The zero-order valence-electron chi connectivity index (χ0n) is 24.6. The van der Waals surface area contributed by atoms with Gasteiger partial charge in [-0.1, -0.05) is 48.5 Å². The van der Waals surface area contributed by atoms with E-state index in [0.29, 0.717) is 34.5 Å². The Hall–Kier alpha value is -3.93. The predicted molar refractivity (Wildman–Crippen MR) is 165 cm³/mol. The van der Waals surface area contributed by atoms with Crippen LogP contribution in [0.15, 0.2) is 84.9 Å². The molecule has 41 heavy (non-hydrogen) atoms. The molecule has 4 rings (SSSR count). The second-order valence-corrected chi connectivity index (χ2v) is 12.9. The average molecular weight is 578 g/mol. The highest BCUT2D eigenvalue weighted by molar-refractivity contribution is 7.96. The molecule has 0 aromatic heterocycles. The number of hydrogen-bond donors (Lipinski definition) is 1. The topological polar surface area (TPSA) is 75.6 Å². The van der Waals surface area contributed by atoms with Gasteiger partial charge in [-0.05, 0) is 48.9 Å². The maximum absolute atomic E-state index is 12.5.